The molecule has 0 N–H and O–H groups in total. The minimum absolute atomic E-state index is 0.0234. The molecule has 0 spiro atoms. The van der Waals surface area contributed by atoms with E-state index in [0.29, 0.717) is 10.6 Å². The second-order valence-corrected chi connectivity index (χ2v) is 5.04. The summed E-state index contributed by atoms with van der Waals surface area (Å²) in [6.07, 6.45) is 0.283. The Labute approximate surface area is 122 Å². The van der Waals surface area contributed by atoms with Crippen molar-refractivity contribution in [2.75, 3.05) is 0 Å². The molecule has 0 saturated heterocycles. The first-order valence-corrected chi connectivity index (χ1v) is 6.73. The molecule has 3 aromatic rings. The molecular weight excluding hydrogens is 270 g/mol. The van der Waals surface area contributed by atoms with Gasteiger partial charge in [0.25, 0.3) is 0 Å². The van der Waals surface area contributed by atoms with Crippen molar-refractivity contribution in [3.8, 4) is 0 Å². The minimum atomic E-state index is 0.0234. The first-order valence-electron chi connectivity index (χ1n) is 6.36. The van der Waals surface area contributed by atoms with Crippen LogP contribution in [0, 0.1) is 0 Å². The highest BCUT2D eigenvalue weighted by atomic mass is 35.5. The Morgan fingerprint density at radius 1 is 1.00 bits per heavy atom. The summed E-state index contributed by atoms with van der Waals surface area (Å²) in [5.41, 5.74) is 2.30. The summed E-state index contributed by atoms with van der Waals surface area (Å²) in [7, 11) is 0. The van der Waals surface area contributed by atoms with Crippen molar-refractivity contribution in [2.24, 2.45) is 0 Å². The SMILES string of the molecule is O=C(Cc1ccc2ccccc2n1)c1cccc(Cl)c1. The zero-order valence-corrected chi connectivity index (χ0v) is 11.5. The maximum atomic E-state index is 12.2. The van der Waals surface area contributed by atoms with Gasteiger partial charge in [0.15, 0.2) is 5.78 Å². The number of halogens is 1. The Balaban J connectivity index is 1.87. The van der Waals surface area contributed by atoms with E-state index in [-0.39, 0.29) is 12.2 Å². The van der Waals surface area contributed by atoms with Crippen LogP contribution in [-0.4, -0.2) is 10.8 Å². The number of benzene rings is 2. The normalized spacial score (nSPS) is 10.7. The van der Waals surface area contributed by atoms with E-state index in [1.807, 2.05) is 36.4 Å². The molecule has 0 amide bonds. The van der Waals surface area contributed by atoms with Crippen LogP contribution in [0.2, 0.25) is 5.02 Å². The monoisotopic (exact) mass is 281 g/mol. The summed E-state index contributed by atoms with van der Waals surface area (Å²) in [6.45, 7) is 0. The molecule has 2 nitrogen and oxygen atoms in total. The largest absolute Gasteiger partial charge is 0.294 e. The minimum Gasteiger partial charge on any atom is -0.294 e. The summed E-state index contributed by atoms with van der Waals surface area (Å²) >= 11 is 5.90. The van der Waals surface area contributed by atoms with Gasteiger partial charge in [-0.15, -0.1) is 0 Å². The summed E-state index contributed by atoms with van der Waals surface area (Å²) in [6, 6.07) is 18.7. The third kappa shape index (κ3) is 2.70. The van der Waals surface area contributed by atoms with Crippen LogP contribution in [0.4, 0.5) is 0 Å². The lowest BCUT2D eigenvalue weighted by Crippen LogP contribution is -2.05. The van der Waals surface area contributed by atoms with Gasteiger partial charge in [0.1, 0.15) is 0 Å². The summed E-state index contributed by atoms with van der Waals surface area (Å²) in [5, 5.41) is 1.65. The van der Waals surface area contributed by atoms with E-state index in [2.05, 4.69) is 4.98 Å². The number of rotatable bonds is 3. The quantitative estimate of drug-likeness (QED) is 0.670. The molecule has 0 saturated carbocycles. The Bertz CT molecular complexity index is 783. The average Bonchev–Trinajstić information content (AvgIpc) is 2.47. The van der Waals surface area contributed by atoms with Crippen LogP contribution in [0.1, 0.15) is 16.1 Å². The van der Waals surface area contributed by atoms with E-state index < -0.39 is 0 Å². The van der Waals surface area contributed by atoms with Crippen molar-refractivity contribution in [3.63, 3.8) is 0 Å². The number of carbonyl (C=O) groups excluding carboxylic acids is 1. The van der Waals surface area contributed by atoms with Gasteiger partial charge >= 0.3 is 0 Å². The van der Waals surface area contributed by atoms with Crippen LogP contribution in [0.15, 0.2) is 60.7 Å². The second-order valence-electron chi connectivity index (χ2n) is 4.61. The molecular formula is C17H12ClNO. The topological polar surface area (TPSA) is 30.0 Å². The van der Waals surface area contributed by atoms with Gasteiger partial charge in [-0.3, -0.25) is 9.78 Å². The fraction of sp³-hybridized carbons (Fsp3) is 0.0588. The molecule has 0 aliphatic heterocycles. The molecule has 2 aromatic carbocycles. The maximum Gasteiger partial charge on any atom is 0.168 e. The van der Waals surface area contributed by atoms with E-state index in [9.17, 15) is 4.79 Å². The highest BCUT2D eigenvalue weighted by Gasteiger charge is 2.09. The predicted molar refractivity (Wildman–Crippen MR) is 81.2 cm³/mol. The third-order valence-electron chi connectivity index (χ3n) is 3.14. The van der Waals surface area contributed by atoms with Crippen LogP contribution in [0.3, 0.4) is 0 Å². The molecule has 0 aliphatic rings. The van der Waals surface area contributed by atoms with E-state index >= 15 is 0 Å². The summed E-state index contributed by atoms with van der Waals surface area (Å²) in [5.74, 6) is 0.0234. The van der Waals surface area contributed by atoms with E-state index in [0.717, 1.165) is 16.6 Å². The molecule has 0 radical (unpaired) electrons. The highest BCUT2D eigenvalue weighted by Crippen LogP contribution is 2.15. The lowest BCUT2D eigenvalue weighted by Gasteiger charge is -2.03. The molecule has 20 heavy (non-hydrogen) atoms. The van der Waals surface area contributed by atoms with Crippen molar-refractivity contribution in [3.05, 3.63) is 76.9 Å². The molecule has 0 unspecified atom stereocenters. The van der Waals surface area contributed by atoms with Gasteiger partial charge in [0, 0.05) is 21.7 Å². The Kier molecular flexibility index (Phi) is 3.48. The first kappa shape index (κ1) is 12.8. The summed E-state index contributed by atoms with van der Waals surface area (Å²) in [4.78, 5) is 16.7. The van der Waals surface area contributed by atoms with Gasteiger partial charge in [-0.1, -0.05) is 48.0 Å². The zero-order valence-electron chi connectivity index (χ0n) is 10.7. The Morgan fingerprint density at radius 2 is 1.85 bits per heavy atom. The van der Waals surface area contributed by atoms with Crippen LogP contribution >= 0.6 is 11.6 Å². The molecule has 98 valence electrons. The standard InChI is InChI=1S/C17H12ClNO/c18-14-6-3-5-13(10-14)17(20)11-15-9-8-12-4-1-2-7-16(12)19-15/h1-10H,11H2. The number of pyridine rings is 1. The number of hydrogen-bond donors (Lipinski definition) is 0. The average molecular weight is 282 g/mol. The fourth-order valence-electron chi connectivity index (χ4n) is 2.14. The van der Waals surface area contributed by atoms with Crippen molar-refractivity contribution < 1.29 is 4.79 Å². The fourth-order valence-corrected chi connectivity index (χ4v) is 2.33. The number of Topliss-reactive ketones (excluding diaryl/α,β-unsaturated/α-hetero) is 1. The van der Waals surface area contributed by atoms with Gasteiger partial charge in [-0.2, -0.15) is 0 Å². The second kappa shape index (κ2) is 5.43. The molecule has 0 aliphatic carbocycles. The third-order valence-corrected chi connectivity index (χ3v) is 3.38. The Hall–Kier alpha value is -2.19. The van der Waals surface area contributed by atoms with Crippen LogP contribution in [0.5, 0.6) is 0 Å². The van der Waals surface area contributed by atoms with Crippen molar-refractivity contribution in [1.82, 2.24) is 4.98 Å². The number of hydrogen-bond acceptors (Lipinski definition) is 2. The summed E-state index contributed by atoms with van der Waals surface area (Å²) < 4.78 is 0. The number of ketones is 1. The molecule has 0 atom stereocenters. The van der Waals surface area contributed by atoms with Crippen LogP contribution < -0.4 is 0 Å². The van der Waals surface area contributed by atoms with E-state index in [4.69, 9.17) is 11.6 Å². The van der Waals surface area contributed by atoms with Crippen LogP contribution in [-0.2, 0) is 6.42 Å². The Morgan fingerprint density at radius 3 is 2.70 bits per heavy atom. The molecule has 1 aromatic heterocycles. The first-order chi connectivity index (χ1) is 9.72. The van der Waals surface area contributed by atoms with Gasteiger partial charge in [0.2, 0.25) is 0 Å². The molecule has 3 heteroatoms. The zero-order chi connectivity index (χ0) is 13.9. The van der Waals surface area contributed by atoms with E-state index in [1.54, 1.807) is 24.3 Å². The highest BCUT2D eigenvalue weighted by molar-refractivity contribution is 6.31. The molecule has 0 bridgehead atoms. The molecule has 3 rings (SSSR count). The number of fused-ring (bicyclic) bond motifs is 1. The van der Waals surface area contributed by atoms with Gasteiger partial charge in [0.05, 0.1) is 11.9 Å². The smallest absolute Gasteiger partial charge is 0.168 e. The lowest BCUT2D eigenvalue weighted by atomic mass is 10.1. The van der Waals surface area contributed by atoms with Crippen molar-refractivity contribution in [2.45, 2.75) is 6.42 Å². The van der Waals surface area contributed by atoms with Crippen molar-refractivity contribution in [1.29, 1.82) is 0 Å². The van der Waals surface area contributed by atoms with Gasteiger partial charge < -0.3 is 0 Å². The van der Waals surface area contributed by atoms with Gasteiger partial charge in [-0.05, 0) is 24.3 Å². The van der Waals surface area contributed by atoms with Gasteiger partial charge in [-0.25, -0.2) is 0 Å². The predicted octanol–water partition coefficient (Wildman–Crippen LogP) is 4.31. The number of nitrogens with zero attached hydrogens (tertiary/aromatic N) is 1. The maximum absolute atomic E-state index is 12.2. The van der Waals surface area contributed by atoms with E-state index in [1.165, 1.54) is 0 Å². The number of aromatic nitrogens is 1. The lowest BCUT2D eigenvalue weighted by molar-refractivity contribution is 0.0992. The van der Waals surface area contributed by atoms with Crippen LogP contribution in [0.25, 0.3) is 10.9 Å². The number of para-hydroxylation sites is 1. The molecule has 1 heterocycles. The number of carbonyl (C=O) groups is 1. The molecule has 0 fully saturated rings. The van der Waals surface area contributed by atoms with Crippen molar-refractivity contribution >= 4 is 28.3 Å².